The molecule has 0 unspecified atom stereocenters. The molecule has 3 aromatic rings. The van der Waals surface area contributed by atoms with E-state index in [1.807, 2.05) is 47.8 Å². The van der Waals surface area contributed by atoms with E-state index in [0.717, 1.165) is 64.2 Å². The van der Waals surface area contributed by atoms with Gasteiger partial charge in [-0.15, -0.1) is 11.3 Å². The molecular weight excluding hydrogens is 492 g/mol. The van der Waals surface area contributed by atoms with Crippen molar-refractivity contribution in [1.82, 2.24) is 9.88 Å². The van der Waals surface area contributed by atoms with Gasteiger partial charge < -0.3 is 15.1 Å². The number of carbonyl (C=O) groups excluding carboxylic acids is 1. The fourth-order valence-corrected chi connectivity index (χ4v) is 5.45. The Morgan fingerprint density at radius 3 is 2.61 bits per heavy atom. The molecule has 1 N–H and O–H groups in total. The minimum Gasteiger partial charge on any atom is -0.367 e. The van der Waals surface area contributed by atoms with E-state index in [9.17, 15) is 4.79 Å². The first-order valence-corrected chi connectivity index (χ1v) is 13.0. The number of rotatable bonds is 7. The van der Waals surface area contributed by atoms with Gasteiger partial charge in [0.05, 0.1) is 22.8 Å². The Hall–Kier alpha value is -1.87. The Morgan fingerprint density at radius 1 is 1.13 bits per heavy atom. The molecule has 162 valence electrons. The van der Waals surface area contributed by atoms with Crippen molar-refractivity contribution in [1.29, 1.82) is 0 Å². The summed E-state index contributed by atoms with van der Waals surface area (Å²) in [6.07, 6.45) is 0. The number of nitrogens with one attached hydrogen (secondary N) is 1. The third-order valence-electron chi connectivity index (χ3n) is 5.29. The number of piperazine rings is 1. The number of anilines is 2. The van der Waals surface area contributed by atoms with Gasteiger partial charge in [-0.3, -0.25) is 4.79 Å². The molecule has 0 spiro atoms. The van der Waals surface area contributed by atoms with Crippen LogP contribution in [0.3, 0.4) is 0 Å². The summed E-state index contributed by atoms with van der Waals surface area (Å²) in [7, 11) is 0. The second-order valence-corrected chi connectivity index (χ2v) is 10.3. The maximum atomic E-state index is 12.6. The van der Waals surface area contributed by atoms with Crippen LogP contribution >= 0.6 is 39.0 Å². The van der Waals surface area contributed by atoms with E-state index < -0.39 is 0 Å². The summed E-state index contributed by atoms with van der Waals surface area (Å²) in [5.74, 6) is 0.329. The van der Waals surface area contributed by atoms with Crippen LogP contribution in [0.1, 0.15) is 6.92 Å². The highest BCUT2D eigenvalue weighted by Gasteiger charge is 2.19. The highest BCUT2D eigenvalue weighted by Crippen LogP contribution is 2.30. The number of hydrogen-bond acceptors (Lipinski definition) is 6. The maximum Gasteiger partial charge on any atom is 0.234 e. The predicted molar refractivity (Wildman–Crippen MR) is 135 cm³/mol. The van der Waals surface area contributed by atoms with E-state index >= 15 is 0 Å². The summed E-state index contributed by atoms with van der Waals surface area (Å²) in [5.41, 5.74) is 4.00. The van der Waals surface area contributed by atoms with Gasteiger partial charge >= 0.3 is 0 Å². The quantitative estimate of drug-likeness (QED) is 0.423. The lowest BCUT2D eigenvalue weighted by atomic mass is 10.2. The number of benzene rings is 2. The molecule has 4 rings (SSSR count). The third-order valence-corrected chi connectivity index (χ3v) is 7.84. The molecule has 0 atom stereocenters. The van der Waals surface area contributed by atoms with Crippen molar-refractivity contribution in [2.45, 2.75) is 11.3 Å². The van der Waals surface area contributed by atoms with E-state index in [-0.39, 0.29) is 5.91 Å². The first kappa shape index (κ1) is 22.3. The van der Waals surface area contributed by atoms with E-state index in [0.29, 0.717) is 5.75 Å². The molecule has 1 saturated heterocycles. The largest absolute Gasteiger partial charge is 0.367 e. The Morgan fingerprint density at radius 2 is 1.87 bits per heavy atom. The van der Waals surface area contributed by atoms with Gasteiger partial charge in [0.15, 0.2) is 4.34 Å². The van der Waals surface area contributed by atoms with Gasteiger partial charge in [-0.25, -0.2) is 4.98 Å². The van der Waals surface area contributed by atoms with Crippen LogP contribution in [0, 0.1) is 0 Å². The molecule has 0 radical (unpaired) electrons. The highest BCUT2D eigenvalue weighted by molar-refractivity contribution is 9.10. The van der Waals surface area contributed by atoms with Crippen molar-refractivity contribution in [3.05, 3.63) is 58.4 Å². The van der Waals surface area contributed by atoms with E-state index in [1.165, 1.54) is 11.8 Å². The first-order chi connectivity index (χ1) is 15.1. The Balaban J connectivity index is 1.34. The van der Waals surface area contributed by atoms with Gasteiger partial charge in [0, 0.05) is 41.6 Å². The second-order valence-electron chi connectivity index (χ2n) is 7.28. The molecule has 5 nitrogen and oxygen atoms in total. The highest BCUT2D eigenvalue weighted by atomic mass is 79.9. The van der Waals surface area contributed by atoms with Crippen LogP contribution in [-0.2, 0) is 4.79 Å². The van der Waals surface area contributed by atoms with Gasteiger partial charge in [-0.2, -0.15) is 0 Å². The van der Waals surface area contributed by atoms with E-state index in [2.05, 4.69) is 49.0 Å². The standard InChI is InChI=1S/C23H25BrN4OS2/c1-2-27-11-13-28(14-12-27)21-6-4-3-5-19(21)25-22(29)16-31-23-26-20(15-30-23)17-7-9-18(24)10-8-17/h3-10,15H,2,11-14,16H2,1H3,(H,25,29). The zero-order chi connectivity index (χ0) is 21.6. The molecule has 1 fully saturated rings. The molecule has 0 saturated carbocycles. The van der Waals surface area contributed by atoms with Gasteiger partial charge in [0.2, 0.25) is 5.91 Å². The number of halogens is 1. The summed E-state index contributed by atoms with van der Waals surface area (Å²) < 4.78 is 1.95. The second kappa shape index (κ2) is 10.6. The molecule has 1 aromatic heterocycles. The Labute approximate surface area is 200 Å². The summed E-state index contributed by atoms with van der Waals surface area (Å²) in [6.45, 7) is 7.36. The maximum absolute atomic E-state index is 12.6. The SMILES string of the molecule is CCN1CCN(c2ccccc2NC(=O)CSc2nc(-c3ccc(Br)cc3)cs2)CC1. The number of aromatic nitrogens is 1. The van der Waals surface area contributed by atoms with E-state index in [1.54, 1.807) is 11.3 Å². The monoisotopic (exact) mass is 516 g/mol. The third kappa shape index (κ3) is 5.88. The van der Waals surface area contributed by atoms with Crippen molar-refractivity contribution in [2.24, 2.45) is 0 Å². The lowest BCUT2D eigenvalue weighted by Gasteiger charge is -2.36. The summed E-state index contributed by atoms with van der Waals surface area (Å²) in [4.78, 5) is 22.1. The van der Waals surface area contributed by atoms with Gasteiger partial charge in [0.1, 0.15) is 0 Å². The minimum atomic E-state index is -0.00923. The van der Waals surface area contributed by atoms with Crippen molar-refractivity contribution < 1.29 is 4.79 Å². The Kier molecular flexibility index (Phi) is 7.66. The molecule has 1 aliphatic heterocycles. The van der Waals surface area contributed by atoms with E-state index in [4.69, 9.17) is 0 Å². The lowest BCUT2D eigenvalue weighted by molar-refractivity contribution is -0.113. The number of carbonyl (C=O) groups is 1. The molecule has 1 aliphatic rings. The average molecular weight is 518 g/mol. The minimum absolute atomic E-state index is 0.00923. The fraction of sp³-hybridized carbons (Fsp3) is 0.304. The number of thioether (sulfide) groups is 1. The van der Waals surface area contributed by atoms with Crippen LogP contribution in [0.2, 0.25) is 0 Å². The molecular formula is C23H25BrN4OS2. The predicted octanol–water partition coefficient (Wildman–Crippen LogP) is 5.45. The van der Waals surface area contributed by atoms with Crippen molar-refractivity contribution in [3.8, 4) is 11.3 Å². The number of para-hydroxylation sites is 2. The summed E-state index contributed by atoms with van der Waals surface area (Å²) in [6, 6.07) is 16.2. The Bertz CT molecular complexity index is 1020. The van der Waals surface area contributed by atoms with Crippen LogP contribution in [-0.4, -0.2) is 54.3 Å². The van der Waals surface area contributed by atoms with Crippen molar-refractivity contribution in [3.63, 3.8) is 0 Å². The molecule has 31 heavy (non-hydrogen) atoms. The molecule has 1 amide bonds. The lowest BCUT2D eigenvalue weighted by Crippen LogP contribution is -2.46. The van der Waals surface area contributed by atoms with Gasteiger partial charge in [0.25, 0.3) is 0 Å². The zero-order valence-corrected chi connectivity index (χ0v) is 20.6. The normalized spacial score (nSPS) is 14.6. The molecule has 0 bridgehead atoms. The van der Waals surface area contributed by atoms with Crippen LogP contribution in [0.4, 0.5) is 11.4 Å². The fourth-order valence-electron chi connectivity index (χ4n) is 3.55. The number of hydrogen-bond donors (Lipinski definition) is 1. The van der Waals surface area contributed by atoms with Crippen LogP contribution in [0.15, 0.2) is 62.7 Å². The molecule has 0 aliphatic carbocycles. The van der Waals surface area contributed by atoms with Gasteiger partial charge in [-0.05, 0) is 30.8 Å². The smallest absolute Gasteiger partial charge is 0.234 e. The van der Waals surface area contributed by atoms with Gasteiger partial charge in [-0.1, -0.05) is 58.9 Å². The molecule has 8 heteroatoms. The topological polar surface area (TPSA) is 48.5 Å². The number of thiazole rings is 1. The van der Waals surface area contributed by atoms with Crippen LogP contribution < -0.4 is 10.2 Å². The summed E-state index contributed by atoms with van der Waals surface area (Å²) >= 11 is 6.51. The summed E-state index contributed by atoms with van der Waals surface area (Å²) in [5, 5.41) is 5.14. The average Bonchev–Trinajstić information content (AvgIpc) is 3.28. The van der Waals surface area contributed by atoms with Crippen LogP contribution in [0.5, 0.6) is 0 Å². The number of likely N-dealkylation sites (N-methyl/N-ethyl adjacent to an activating group) is 1. The number of amides is 1. The zero-order valence-electron chi connectivity index (χ0n) is 17.4. The van der Waals surface area contributed by atoms with Crippen molar-refractivity contribution >= 4 is 56.3 Å². The van der Waals surface area contributed by atoms with Crippen LogP contribution in [0.25, 0.3) is 11.3 Å². The van der Waals surface area contributed by atoms with Crippen molar-refractivity contribution in [2.75, 3.05) is 48.7 Å². The molecule has 2 aromatic carbocycles. The first-order valence-electron chi connectivity index (χ1n) is 10.3. The molecule has 2 heterocycles. The number of nitrogens with zero attached hydrogens (tertiary/aromatic N) is 3.